The molecule has 6 nitrogen and oxygen atoms in total. The fraction of sp³-hybridized carbons (Fsp3) is 0.462. The van der Waals surface area contributed by atoms with Gasteiger partial charge >= 0.3 is 0 Å². The van der Waals surface area contributed by atoms with Crippen LogP contribution in [0, 0.1) is 0 Å². The molecule has 21 heavy (non-hydrogen) atoms. The summed E-state index contributed by atoms with van der Waals surface area (Å²) in [6, 6.07) is 4.17. The van der Waals surface area contributed by atoms with Crippen molar-refractivity contribution in [2.75, 3.05) is 5.73 Å². The van der Waals surface area contributed by atoms with Crippen LogP contribution in [-0.2, 0) is 17.8 Å². The van der Waals surface area contributed by atoms with E-state index in [1.54, 1.807) is 11.3 Å². The topological polar surface area (TPSA) is 96.7 Å². The van der Waals surface area contributed by atoms with E-state index < -0.39 is 0 Å². The number of carbonyl (C=O) groups is 1. The van der Waals surface area contributed by atoms with Gasteiger partial charge < -0.3 is 11.1 Å². The molecule has 114 valence electrons. The van der Waals surface area contributed by atoms with E-state index in [0.717, 1.165) is 6.42 Å². The van der Waals surface area contributed by atoms with E-state index in [4.69, 9.17) is 5.73 Å². The highest BCUT2D eigenvalue weighted by Gasteiger charge is 2.19. The molecule has 0 fully saturated rings. The minimum atomic E-state index is -0.217. The standard InChI is InChI=1S/C13H19N5OS2/c1-3-8-5-6-9(20-8)7-15-11(19)10(4-2)21-13-16-12(14)17-18-13/h5-6,10H,3-4,7H2,1-2H3,(H,15,19)(H3,14,16,17,18)/t10-/m1/s1. The van der Waals surface area contributed by atoms with E-state index in [1.165, 1.54) is 21.5 Å². The van der Waals surface area contributed by atoms with Gasteiger partial charge in [-0.2, -0.15) is 4.98 Å². The molecule has 2 aromatic heterocycles. The average molecular weight is 325 g/mol. The van der Waals surface area contributed by atoms with Crippen molar-refractivity contribution in [1.29, 1.82) is 0 Å². The second-order valence-corrected chi connectivity index (χ2v) is 6.88. The van der Waals surface area contributed by atoms with E-state index in [0.29, 0.717) is 18.1 Å². The van der Waals surface area contributed by atoms with Gasteiger partial charge in [0.2, 0.25) is 17.0 Å². The highest BCUT2D eigenvalue weighted by Crippen LogP contribution is 2.23. The van der Waals surface area contributed by atoms with E-state index in [9.17, 15) is 4.79 Å². The van der Waals surface area contributed by atoms with Gasteiger partial charge in [0.1, 0.15) is 0 Å². The molecule has 0 bridgehead atoms. The number of thiophene rings is 1. The molecule has 0 spiro atoms. The summed E-state index contributed by atoms with van der Waals surface area (Å²) in [5, 5.41) is 9.76. The molecule has 0 aliphatic heterocycles. The number of amides is 1. The van der Waals surface area contributed by atoms with Crippen molar-refractivity contribution in [2.45, 2.75) is 43.6 Å². The lowest BCUT2D eigenvalue weighted by molar-refractivity contribution is -0.120. The third-order valence-electron chi connectivity index (χ3n) is 2.90. The Bertz CT molecular complexity index is 595. The molecule has 4 N–H and O–H groups in total. The van der Waals surface area contributed by atoms with Crippen LogP contribution in [0.1, 0.15) is 30.0 Å². The Kier molecular flexibility index (Phi) is 5.63. The second-order valence-electron chi connectivity index (χ2n) is 4.46. The zero-order chi connectivity index (χ0) is 15.2. The minimum Gasteiger partial charge on any atom is -0.368 e. The Morgan fingerprint density at radius 2 is 2.24 bits per heavy atom. The fourth-order valence-electron chi connectivity index (χ4n) is 1.76. The third-order valence-corrected chi connectivity index (χ3v) is 5.35. The SMILES string of the molecule is CCc1ccc(CNC(=O)[C@@H](CC)Sc2n[nH]c(N)n2)s1. The molecule has 0 aromatic carbocycles. The molecule has 0 unspecified atom stereocenters. The number of aryl methyl sites for hydroxylation is 1. The normalized spacial score (nSPS) is 12.3. The van der Waals surface area contributed by atoms with Gasteiger partial charge in [0.25, 0.3) is 0 Å². The lowest BCUT2D eigenvalue weighted by Gasteiger charge is -2.12. The molecule has 1 atom stereocenters. The Morgan fingerprint density at radius 1 is 1.48 bits per heavy atom. The number of hydrogen-bond acceptors (Lipinski definition) is 6. The fourth-order valence-corrected chi connectivity index (χ4v) is 3.51. The van der Waals surface area contributed by atoms with Gasteiger partial charge in [-0.25, -0.2) is 5.10 Å². The van der Waals surface area contributed by atoms with Crippen molar-refractivity contribution < 1.29 is 4.79 Å². The first-order valence-electron chi connectivity index (χ1n) is 6.82. The summed E-state index contributed by atoms with van der Waals surface area (Å²) in [7, 11) is 0. The number of aromatic nitrogens is 3. The monoisotopic (exact) mass is 325 g/mol. The number of H-pyrrole nitrogens is 1. The molecule has 0 saturated heterocycles. The molecule has 0 aliphatic carbocycles. The summed E-state index contributed by atoms with van der Waals surface area (Å²) in [4.78, 5) is 18.7. The Hall–Kier alpha value is -1.54. The number of rotatable bonds is 7. The van der Waals surface area contributed by atoms with Gasteiger partial charge in [-0.05, 0) is 25.0 Å². The molecule has 8 heteroatoms. The summed E-state index contributed by atoms with van der Waals surface area (Å²) >= 11 is 3.05. The van der Waals surface area contributed by atoms with Crippen molar-refractivity contribution in [3.05, 3.63) is 21.9 Å². The van der Waals surface area contributed by atoms with Crippen molar-refractivity contribution >= 4 is 35.0 Å². The second kappa shape index (κ2) is 7.46. The van der Waals surface area contributed by atoms with Crippen molar-refractivity contribution in [2.24, 2.45) is 0 Å². The summed E-state index contributed by atoms with van der Waals surface area (Å²) in [5.74, 6) is 0.260. The van der Waals surface area contributed by atoms with Gasteiger partial charge in [0, 0.05) is 9.75 Å². The number of nitrogens with zero attached hydrogens (tertiary/aromatic N) is 2. The first-order chi connectivity index (χ1) is 10.1. The van der Waals surface area contributed by atoms with Gasteiger partial charge in [0.15, 0.2) is 0 Å². The molecule has 0 aliphatic rings. The summed E-state index contributed by atoms with van der Waals surface area (Å²) in [5.41, 5.74) is 5.48. The number of aromatic amines is 1. The lowest BCUT2D eigenvalue weighted by atomic mass is 10.3. The summed E-state index contributed by atoms with van der Waals surface area (Å²) < 4.78 is 0. The van der Waals surface area contributed by atoms with Crippen LogP contribution in [0.5, 0.6) is 0 Å². The van der Waals surface area contributed by atoms with Crippen LogP contribution in [0.25, 0.3) is 0 Å². The summed E-state index contributed by atoms with van der Waals surface area (Å²) in [6.07, 6.45) is 1.73. The predicted molar refractivity (Wildman–Crippen MR) is 86.3 cm³/mol. The number of nitrogen functional groups attached to an aromatic ring is 1. The molecule has 2 rings (SSSR count). The van der Waals surface area contributed by atoms with Crippen LogP contribution in [0.15, 0.2) is 17.3 Å². The molecular weight excluding hydrogens is 306 g/mol. The number of carbonyl (C=O) groups excluding carboxylic acids is 1. The maximum absolute atomic E-state index is 12.2. The lowest BCUT2D eigenvalue weighted by Crippen LogP contribution is -2.31. The van der Waals surface area contributed by atoms with E-state index >= 15 is 0 Å². The number of anilines is 1. The zero-order valence-electron chi connectivity index (χ0n) is 12.0. The van der Waals surface area contributed by atoms with Gasteiger partial charge in [0.05, 0.1) is 11.8 Å². The number of nitrogens with two attached hydrogens (primary N) is 1. The average Bonchev–Trinajstić information content (AvgIpc) is 3.10. The number of nitrogens with one attached hydrogen (secondary N) is 2. The van der Waals surface area contributed by atoms with Crippen LogP contribution in [0.2, 0.25) is 0 Å². The maximum atomic E-state index is 12.2. The number of thioether (sulfide) groups is 1. The number of hydrogen-bond donors (Lipinski definition) is 3. The first-order valence-corrected chi connectivity index (χ1v) is 8.51. The van der Waals surface area contributed by atoms with Crippen molar-refractivity contribution in [1.82, 2.24) is 20.5 Å². The van der Waals surface area contributed by atoms with Crippen LogP contribution < -0.4 is 11.1 Å². The Labute approximate surface area is 131 Å². The summed E-state index contributed by atoms with van der Waals surface area (Å²) in [6.45, 7) is 4.66. The van der Waals surface area contributed by atoms with Gasteiger partial charge in [-0.1, -0.05) is 25.6 Å². The molecular formula is C13H19N5OS2. The van der Waals surface area contributed by atoms with E-state index in [-0.39, 0.29) is 17.1 Å². The zero-order valence-corrected chi connectivity index (χ0v) is 13.7. The van der Waals surface area contributed by atoms with Crippen LogP contribution in [0.3, 0.4) is 0 Å². The Balaban J connectivity index is 1.87. The third kappa shape index (κ3) is 4.47. The molecule has 2 aromatic rings. The van der Waals surface area contributed by atoms with Gasteiger partial charge in [-0.15, -0.1) is 16.4 Å². The van der Waals surface area contributed by atoms with Crippen LogP contribution in [0.4, 0.5) is 5.95 Å². The van der Waals surface area contributed by atoms with E-state index in [1.807, 2.05) is 6.92 Å². The molecule has 2 heterocycles. The van der Waals surface area contributed by atoms with Crippen LogP contribution >= 0.6 is 23.1 Å². The minimum absolute atomic E-state index is 0.00248. The largest absolute Gasteiger partial charge is 0.368 e. The van der Waals surface area contributed by atoms with E-state index in [2.05, 4.69) is 39.6 Å². The molecule has 1 amide bonds. The maximum Gasteiger partial charge on any atom is 0.233 e. The first kappa shape index (κ1) is 15.8. The van der Waals surface area contributed by atoms with Crippen molar-refractivity contribution in [3.8, 4) is 0 Å². The quantitative estimate of drug-likeness (QED) is 0.678. The molecule has 0 radical (unpaired) electrons. The van der Waals surface area contributed by atoms with Gasteiger partial charge in [-0.3, -0.25) is 4.79 Å². The Morgan fingerprint density at radius 3 is 2.81 bits per heavy atom. The van der Waals surface area contributed by atoms with Crippen molar-refractivity contribution in [3.63, 3.8) is 0 Å². The highest BCUT2D eigenvalue weighted by atomic mass is 32.2. The predicted octanol–water partition coefficient (Wildman–Crippen LogP) is 2.20. The highest BCUT2D eigenvalue weighted by molar-refractivity contribution is 8.00. The van der Waals surface area contributed by atoms with Crippen LogP contribution in [-0.4, -0.2) is 26.3 Å². The molecule has 0 saturated carbocycles. The smallest absolute Gasteiger partial charge is 0.233 e.